The molecule has 0 fully saturated rings. The lowest BCUT2D eigenvalue weighted by molar-refractivity contribution is -0.133. The number of aliphatic carboxylic acids is 1. The number of fused-ring (bicyclic) bond motifs is 1. The quantitative estimate of drug-likeness (QED) is 0.696. The summed E-state index contributed by atoms with van der Waals surface area (Å²) < 4.78 is 1.83. The molecule has 2 rings (SSSR count). The number of carboxylic acid groups (broad SMARTS) is 1. The highest BCUT2D eigenvalue weighted by molar-refractivity contribution is 7.99. The van der Waals surface area contributed by atoms with Crippen LogP contribution in [0, 0.1) is 0 Å². The van der Waals surface area contributed by atoms with Gasteiger partial charge in [-0.05, 0) is 18.2 Å². The van der Waals surface area contributed by atoms with Crippen molar-refractivity contribution in [1.82, 2.24) is 14.9 Å². The van der Waals surface area contributed by atoms with Crippen LogP contribution in [0.25, 0.3) is 11.0 Å². The van der Waals surface area contributed by atoms with E-state index in [-0.39, 0.29) is 5.75 Å². The minimum atomic E-state index is -0.924. The van der Waals surface area contributed by atoms with Gasteiger partial charge in [0.2, 0.25) is 0 Å². The standard InChI is InChI=1S/C12H13ClN4O3S/c13-7-1-2-9-8(5-7)16-12(21-6-10(18)19)17(9)4-3-15-11(14)20/h1-2,5H,3-4,6H2,(H,18,19)(H3,14,15,20). The summed E-state index contributed by atoms with van der Waals surface area (Å²) in [7, 11) is 0. The smallest absolute Gasteiger partial charge is 0.313 e. The van der Waals surface area contributed by atoms with Crippen LogP contribution in [0.4, 0.5) is 4.79 Å². The van der Waals surface area contributed by atoms with Gasteiger partial charge in [-0.2, -0.15) is 0 Å². The van der Waals surface area contributed by atoms with E-state index in [1.54, 1.807) is 18.2 Å². The number of imidazole rings is 1. The molecule has 0 saturated carbocycles. The van der Waals surface area contributed by atoms with E-state index in [1.807, 2.05) is 4.57 Å². The van der Waals surface area contributed by atoms with E-state index in [4.69, 9.17) is 22.4 Å². The largest absolute Gasteiger partial charge is 0.481 e. The molecule has 112 valence electrons. The molecule has 4 N–H and O–H groups in total. The summed E-state index contributed by atoms with van der Waals surface area (Å²) in [6, 6.07) is 4.64. The molecule has 0 aliphatic rings. The predicted molar refractivity (Wildman–Crippen MR) is 80.7 cm³/mol. The Hall–Kier alpha value is -1.93. The average molecular weight is 329 g/mol. The highest BCUT2D eigenvalue weighted by atomic mass is 35.5. The van der Waals surface area contributed by atoms with Crippen molar-refractivity contribution in [2.75, 3.05) is 12.3 Å². The second-order valence-corrected chi connectivity index (χ2v) is 5.53. The number of carbonyl (C=O) groups excluding carboxylic acids is 1. The van der Waals surface area contributed by atoms with E-state index in [2.05, 4.69) is 10.3 Å². The zero-order valence-electron chi connectivity index (χ0n) is 10.9. The molecule has 2 aromatic rings. The van der Waals surface area contributed by atoms with Crippen LogP contribution in [0.2, 0.25) is 5.02 Å². The number of thioether (sulfide) groups is 1. The lowest BCUT2D eigenvalue weighted by Gasteiger charge is -2.08. The second kappa shape index (κ2) is 6.68. The van der Waals surface area contributed by atoms with Gasteiger partial charge in [0.15, 0.2) is 5.16 Å². The van der Waals surface area contributed by atoms with Gasteiger partial charge >= 0.3 is 12.0 Å². The van der Waals surface area contributed by atoms with Crippen molar-refractivity contribution in [3.63, 3.8) is 0 Å². The zero-order chi connectivity index (χ0) is 15.4. The van der Waals surface area contributed by atoms with Crippen molar-refractivity contribution in [2.24, 2.45) is 5.73 Å². The first-order valence-electron chi connectivity index (χ1n) is 6.01. The molecule has 21 heavy (non-hydrogen) atoms. The zero-order valence-corrected chi connectivity index (χ0v) is 12.4. The minimum Gasteiger partial charge on any atom is -0.481 e. The first-order chi connectivity index (χ1) is 9.97. The number of benzene rings is 1. The number of halogens is 1. The number of urea groups is 1. The predicted octanol–water partition coefficient (Wildman–Crippen LogP) is 1.53. The normalized spacial score (nSPS) is 10.7. The van der Waals surface area contributed by atoms with Crippen LogP contribution in [0.3, 0.4) is 0 Å². The van der Waals surface area contributed by atoms with Crippen LogP contribution in [0.1, 0.15) is 0 Å². The molecular weight excluding hydrogens is 316 g/mol. The molecule has 9 heteroatoms. The SMILES string of the molecule is NC(=O)NCCn1c(SCC(=O)O)nc2cc(Cl)ccc21. The first kappa shape index (κ1) is 15.5. The average Bonchev–Trinajstić information content (AvgIpc) is 2.73. The Morgan fingerprint density at radius 2 is 2.24 bits per heavy atom. The van der Waals surface area contributed by atoms with Crippen molar-refractivity contribution in [3.05, 3.63) is 23.2 Å². The number of amides is 2. The van der Waals surface area contributed by atoms with Gasteiger partial charge in [-0.1, -0.05) is 23.4 Å². The van der Waals surface area contributed by atoms with Crippen LogP contribution in [0.5, 0.6) is 0 Å². The van der Waals surface area contributed by atoms with Crippen molar-refractivity contribution in [2.45, 2.75) is 11.7 Å². The van der Waals surface area contributed by atoms with Crippen LogP contribution in [0.15, 0.2) is 23.4 Å². The van der Waals surface area contributed by atoms with Gasteiger partial charge in [-0.15, -0.1) is 0 Å². The van der Waals surface area contributed by atoms with Crippen LogP contribution < -0.4 is 11.1 Å². The third-order valence-corrected chi connectivity index (χ3v) is 3.83. The summed E-state index contributed by atoms with van der Waals surface area (Å²) >= 11 is 7.04. The fraction of sp³-hybridized carbons (Fsp3) is 0.250. The highest BCUT2D eigenvalue weighted by Gasteiger charge is 2.13. The topological polar surface area (TPSA) is 110 Å². The number of hydrogen-bond acceptors (Lipinski definition) is 4. The number of hydrogen-bond donors (Lipinski definition) is 3. The Morgan fingerprint density at radius 1 is 1.48 bits per heavy atom. The highest BCUT2D eigenvalue weighted by Crippen LogP contribution is 2.26. The number of nitrogens with two attached hydrogens (primary N) is 1. The molecule has 0 aliphatic heterocycles. The van der Waals surface area contributed by atoms with E-state index in [0.717, 1.165) is 17.3 Å². The Morgan fingerprint density at radius 3 is 2.90 bits per heavy atom. The third-order valence-electron chi connectivity index (χ3n) is 2.63. The Labute approximate surface area is 129 Å². The molecule has 0 spiro atoms. The van der Waals surface area contributed by atoms with Crippen molar-refractivity contribution < 1.29 is 14.7 Å². The molecule has 0 unspecified atom stereocenters. The first-order valence-corrected chi connectivity index (χ1v) is 7.37. The molecule has 0 saturated heterocycles. The van der Waals surface area contributed by atoms with Gasteiger partial charge < -0.3 is 20.7 Å². The number of nitrogens with one attached hydrogen (secondary N) is 1. The minimum absolute atomic E-state index is 0.0969. The summed E-state index contributed by atoms with van der Waals surface area (Å²) in [5.41, 5.74) is 6.52. The van der Waals surface area contributed by atoms with Gasteiger partial charge in [0.05, 0.1) is 16.8 Å². The molecule has 2 amide bonds. The molecule has 0 radical (unpaired) electrons. The summed E-state index contributed by atoms with van der Waals surface area (Å²) in [5, 5.41) is 12.4. The summed E-state index contributed by atoms with van der Waals surface area (Å²) in [5.74, 6) is -1.02. The summed E-state index contributed by atoms with van der Waals surface area (Å²) in [4.78, 5) is 25.8. The van der Waals surface area contributed by atoms with Gasteiger partial charge in [0, 0.05) is 18.1 Å². The molecular formula is C12H13ClN4O3S. The van der Waals surface area contributed by atoms with Crippen LogP contribution in [-0.2, 0) is 11.3 Å². The number of carbonyl (C=O) groups is 2. The maximum atomic E-state index is 10.7. The molecule has 0 aliphatic carbocycles. The van der Waals surface area contributed by atoms with E-state index >= 15 is 0 Å². The Balaban J connectivity index is 2.29. The molecule has 0 atom stereocenters. The maximum absolute atomic E-state index is 10.7. The fourth-order valence-electron chi connectivity index (χ4n) is 1.82. The van der Waals surface area contributed by atoms with E-state index < -0.39 is 12.0 Å². The monoisotopic (exact) mass is 328 g/mol. The number of nitrogens with zero attached hydrogens (tertiary/aromatic N) is 2. The number of primary amides is 1. The van der Waals surface area contributed by atoms with Crippen molar-refractivity contribution in [3.8, 4) is 0 Å². The lowest BCUT2D eigenvalue weighted by Crippen LogP contribution is -2.32. The number of aromatic nitrogens is 2. The van der Waals surface area contributed by atoms with Gasteiger partial charge in [-0.3, -0.25) is 4.79 Å². The van der Waals surface area contributed by atoms with E-state index in [0.29, 0.717) is 28.8 Å². The number of rotatable bonds is 6. The molecule has 1 aromatic carbocycles. The third kappa shape index (κ3) is 4.02. The van der Waals surface area contributed by atoms with Crippen molar-refractivity contribution in [1.29, 1.82) is 0 Å². The molecule has 1 heterocycles. The molecule has 7 nitrogen and oxygen atoms in total. The van der Waals surface area contributed by atoms with Gasteiger partial charge in [0.1, 0.15) is 0 Å². The fourth-order valence-corrected chi connectivity index (χ4v) is 2.75. The maximum Gasteiger partial charge on any atom is 0.313 e. The lowest BCUT2D eigenvalue weighted by atomic mass is 10.3. The van der Waals surface area contributed by atoms with Gasteiger partial charge in [-0.25, -0.2) is 9.78 Å². The molecule has 1 aromatic heterocycles. The number of carboxylic acids is 1. The summed E-state index contributed by atoms with van der Waals surface area (Å²) in [6.07, 6.45) is 0. The van der Waals surface area contributed by atoms with E-state index in [1.165, 1.54) is 0 Å². The summed E-state index contributed by atoms with van der Waals surface area (Å²) in [6.45, 7) is 0.757. The van der Waals surface area contributed by atoms with Crippen molar-refractivity contribution >= 4 is 46.4 Å². The van der Waals surface area contributed by atoms with Crippen LogP contribution >= 0.6 is 23.4 Å². The second-order valence-electron chi connectivity index (χ2n) is 4.15. The van der Waals surface area contributed by atoms with Gasteiger partial charge in [0.25, 0.3) is 0 Å². The molecule has 0 bridgehead atoms. The van der Waals surface area contributed by atoms with E-state index in [9.17, 15) is 9.59 Å². The Bertz CT molecular complexity index is 688. The van der Waals surface area contributed by atoms with Crippen LogP contribution in [-0.4, -0.2) is 39.0 Å². The Kier molecular flexibility index (Phi) is 4.92.